The zero-order chi connectivity index (χ0) is 21.0. The Balaban J connectivity index is 1.66. The third-order valence-corrected chi connectivity index (χ3v) is 4.54. The zero-order valence-corrected chi connectivity index (χ0v) is 15.4. The van der Waals surface area contributed by atoms with Crippen molar-refractivity contribution in [2.24, 2.45) is 0 Å². The van der Waals surface area contributed by atoms with E-state index in [0.717, 1.165) is 12.1 Å². The van der Waals surface area contributed by atoms with Crippen LogP contribution < -0.4 is 10.6 Å². The number of hydrogen-bond donors (Lipinski definition) is 2. The molecule has 3 rings (SSSR count). The second-order valence-corrected chi connectivity index (χ2v) is 6.65. The van der Waals surface area contributed by atoms with Gasteiger partial charge < -0.3 is 25.0 Å². The van der Waals surface area contributed by atoms with Crippen LogP contribution in [0.4, 0.5) is 29.3 Å². The standard InChI is InChI=1S/C18H20F3N3O5/c19-18(20,21)12-10-11(22-16(26)14-2-1-8-28-14)3-4-13(12)23-15(25)5-6-24-7-9-29-17(24)27/h3-4,10,14H,1-2,5-9H2,(H,22,26)(H,23,25). The number of anilines is 2. The van der Waals surface area contributed by atoms with Gasteiger partial charge in [0.05, 0.1) is 17.8 Å². The second kappa shape index (κ2) is 8.68. The van der Waals surface area contributed by atoms with Crippen molar-refractivity contribution in [3.8, 4) is 0 Å². The molecule has 2 heterocycles. The largest absolute Gasteiger partial charge is 0.448 e. The van der Waals surface area contributed by atoms with E-state index in [2.05, 4.69) is 10.6 Å². The van der Waals surface area contributed by atoms with E-state index in [4.69, 9.17) is 9.47 Å². The molecule has 8 nitrogen and oxygen atoms in total. The minimum atomic E-state index is -4.74. The summed E-state index contributed by atoms with van der Waals surface area (Å²) < 4.78 is 50.3. The first-order valence-corrected chi connectivity index (χ1v) is 9.09. The summed E-state index contributed by atoms with van der Waals surface area (Å²) in [6.45, 7) is 1.03. The van der Waals surface area contributed by atoms with Crippen LogP contribution in [-0.2, 0) is 25.2 Å². The maximum Gasteiger partial charge on any atom is 0.418 e. The first kappa shape index (κ1) is 20.9. The number of carbonyl (C=O) groups is 3. The fourth-order valence-corrected chi connectivity index (χ4v) is 3.05. The number of cyclic esters (lactones) is 1. The quantitative estimate of drug-likeness (QED) is 0.745. The summed E-state index contributed by atoms with van der Waals surface area (Å²) in [6.07, 6.45) is -4.93. The summed E-state index contributed by atoms with van der Waals surface area (Å²) in [5.41, 5.74) is -1.56. The van der Waals surface area contributed by atoms with Crippen LogP contribution in [0.1, 0.15) is 24.8 Å². The fraction of sp³-hybridized carbons (Fsp3) is 0.500. The van der Waals surface area contributed by atoms with Gasteiger partial charge in [-0.3, -0.25) is 9.59 Å². The van der Waals surface area contributed by atoms with Gasteiger partial charge in [0.15, 0.2) is 0 Å². The highest BCUT2D eigenvalue weighted by molar-refractivity contribution is 5.96. The molecule has 3 amide bonds. The molecule has 2 N–H and O–H groups in total. The van der Waals surface area contributed by atoms with Gasteiger partial charge in [-0.1, -0.05) is 0 Å². The number of nitrogens with one attached hydrogen (secondary N) is 2. The van der Waals surface area contributed by atoms with E-state index < -0.39 is 41.4 Å². The number of rotatable bonds is 6. The summed E-state index contributed by atoms with van der Waals surface area (Å²) in [7, 11) is 0. The maximum absolute atomic E-state index is 13.4. The molecule has 0 saturated carbocycles. The smallest absolute Gasteiger partial charge is 0.418 e. The zero-order valence-electron chi connectivity index (χ0n) is 15.4. The normalized spacial score (nSPS) is 19.2. The van der Waals surface area contributed by atoms with Gasteiger partial charge in [-0.2, -0.15) is 13.2 Å². The molecule has 1 aromatic rings. The number of benzene rings is 1. The maximum atomic E-state index is 13.4. The van der Waals surface area contributed by atoms with Crippen molar-refractivity contribution in [3.63, 3.8) is 0 Å². The molecule has 0 radical (unpaired) electrons. The first-order valence-electron chi connectivity index (χ1n) is 9.09. The molecule has 0 spiro atoms. The highest BCUT2D eigenvalue weighted by Gasteiger charge is 2.35. The van der Waals surface area contributed by atoms with E-state index in [0.29, 0.717) is 26.0 Å². The Morgan fingerprint density at radius 1 is 1.21 bits per heavy atom. The monoisotopic (exact) mass is 415 g/mol. The van der Waals surface area contributed by atoms with E-state index in [1.807, 2.05) is 0 Å². The molecular formula is C18H20F3N3O5. The topological polar surface area (TPSA) is 97.0 Å². The summed E-state index contributed by atoms with van der Waals surface area (Å²) >= 11 is 0. The molecule has 1 unspecified atom stereocenters. The molecule has 0 aliphatic carbocycles. The van der Waals surface area contributed by atoms with Crippen molar-refractivity contribution in [1.29, 1.82) is 0 Å². The number of alkyl halides is 3. The summed E-state index contributed by atoms with van der Waals surface area (Å²) in [6, 6.07) is 3.12. The number of halogens is 3. The molecular weight excluding hydrogens is 395 g/mol. The lowest BCUT2D eigenvalue weighted by molar-refractivity contribution is -0.137. The second-order valence-electron chi connectivity index (χ2n) is 6.65. The number of amides is 3. The summed E-state index contributed by atoms with van der Waals surface area (Å²) in [4.78, 5) is 36.7. The van der Waals surface area contributed by atoms with Gasteiger partial charge in [0.25, 0.3) is 5.91 Å². The van der Waals surface area contributed by atoms with Crippen LogP contribution >= 0.6 is 0 Å². The molecule has 1 atom stereocenters. The Bertz CT molecular complexity index is 793. The van der Waals surface area contributed by atoms with E-state index >= 15 is 0 Å². The van der Waals surface area contributed by atoms with Crippen molar-refractivity contribution in [2.75, 3.05) is 36.9 Å². The van der Waals surface area contributed by atoms with Gasteiger partial charge in [0, 0.05) is 25.3 Å². The fourth-order valence-electron chi connectivity index (χ4n) is 3.05. The first-order chi connectivity index (χ1) is 13.7. The molecule has 2 aliphatic heterocycles. The highest BCUT2D eigenvalue weighted by Crippen LogP contribution is 2.36. The molecule has 2 saturated heterocycles. The average molecular weight is 415 g/mol. The summed E-state index contributed by atoms with van der Waals surface area (Å²) in [5, 5.41) is 4.63. The lowest BCUT2D eigenvalue weighted by Crippen LogP contribution is -2.29. The van der Waals surface area contributed by atoms with Gasteiger partial charge >= 0.3 is 12.3 Å². The van der Waals surface area contributed by atoms with Crippen LogP contribution in [-0.4, -0.2) is 55.2 Å². The SMILES string of the molecule is O=C(CCN1CCOC1=O)Nc1ccc(NC(=O)C2CCCO2)cc1C(F)(F)F. The number of ether oxygens (including phenoxy) is 2. The third kappa shape index (κ3) is 5.37. The molecule has 158 valence electrons. The molecule has 1 aromatic carbocycles. The van der Waals surface area contributed by atoms with E-state index in [-0.39, 0.29) is 25.3 Å². The predicted octanol–water partition coefficient (Wildman–Crippen LogP) is 2.60. The van der Waals surface area contributed by atoms with Crippen molar-refractivity contribution < 1.29 is 37.0 Å². The molecule has 11 heteroatoms. The molecule has 29 heavy (non-hydrogen) atoms. The summed E-state index contributed by atoms with van der Waals surface area (Å²) in [5.74, 6) is -1.18. The van der Waals surface area contributed by atoms with Crippen LogP contribution in [0, 0.1) is 0 Å². The van der Waals surface area contributed by atoms with Crippen molar-refractivity contribution in [2.45, 2.75) is 31.5 Å². The number of carbonyl (C=O) groups excluding carboxylic acids is 3. The molecule has 2 aliphatic rings. The van der Waals surface area contributed by atoms with Crippen LogP contribution in [0.5, 0.6) is 0 Å². The Morgan fingerprint density at radius 2 is 2.00 bits per heavy atom. The van der Waals surface area contributed by atoms with E-state index in [1.54, 1.807) is 0 Å². The van der Waals surface area contributed by atoms with Crippen LogP contribution in [0.15, 0.2) is 18.2 Å². The Labute approximate surface area is 164 Å². The molecule has 0 aromatic heterocycles. The lowest BCUT2D eigenvalue weighted by Gasteiger charge is -2.17. The van der Waals surface area contributed by atoms with Crippen LogP contribution in [0.2, 0.25) is 0 Å². The van der Waals surface area contributed by atoms with Gasteiger partial charge in [-0.25, -0.2) is 4.79 Å². The van der Waals surface area contributed by atoms with Gasteiger partial charge in [0.1, 0.15) is 12.7 Å². The Morgan fingerprint density at radius 3 is 2.62 bits per heavy atom. The molecule has 0 bridgehead atoms. The van der Waals surface area contributed by atoms with Crippen molar-refractivity contribution >= 4 is 29.3 Å². The lowest BCUT2D eigenvalue weighted by atomic mass is 10.1. The minimum absolute atomic E-state index is 0.0432. The Kier molecular flexibility index (Phi) is 6.26. The predicted molar refractivity (Wildman–Crippen MR) is 95.2 cm³/mol. The van der Waals surface area contributed by atoms with E-state index in [9.17, 15) is 27.6 Å². The van der Waals surface area contributed by atoms with Gasteiger partial charge in [0.2, 0.25) is 5.91 Å². The Hall–Kier alpha value is -2.82. The van der Waals surface area contributed by atoms with Crippen molar-refractivity contribution in [3.05, 3.63) is 23.8 Å². The van der Waals surface area contributed by atoms with Crippen LogP contribution in [0.3, 0.4) is 0 Å². The van der Waals surface area contributed by atoms with E-state index in [1.165, 1.54) is 11.0 Å². The molecule has 2 fully saturated rings. The number of nitrogens with zero attached hydrogens (tertiary/aromatic N) is 1. The third-order valence-electron chi connectivity index (χ3n) is 4.54. The van der Waals surface area contributed by atoms with Crippen molar-refractivity contribution in [1.82, 2.24) is 4.90 Å². The van der Waals surface area contributed by atoms with Gasteiger partial charge in [-0.15, -0.1) is 0 Å². The minimum Gasteiger partial charge on any atom is -0.448 e. The van der Waals surface area contributed by atoms with Crippen LogP contribution in [0.25, 0.3) is 0 Å². The highest BCUT2D eigenvalue weighted by atomic mass is 19.4. The number of hydrogen-bond acceptors (Lipinski definition) is 5. The van der Waals surface area contributed by atoms with Gasteiger partial charge in [-0.05, 0) is 31.0 Å². The average Bonchev–Trinajstić information content (AvgIpc) is 3.32.